The SMILES string of the molecule is N[C@@H](Cc1ccccc1)c1nc(-c2ccncn2)no1. The van der Waals surface area contributed by atoms with Crippen LogP contribution in [0.15, 0.2) is 53.4 Å². The number of hydrogen-bond donors (Lipinski definition) is 1. The molecule has 6 nitrogen and oxygen atoms in total. The van der Waals surface area contributed by atoms with Gasteiger partial charge in [-0.05, 0) is 18.1 Å². The summed E-state index contributed by atoms with van der Waals surface area (Å²) in [5.41, 5.74) is 7.83. The van der Waals surface area contributed by atoms with Crippen LogP contribution in [0.3, 0.4) is 0 Å². The average molecular weight is 267 g/mol. The molecule has 0 fully saturated rings. The number of aromatic nitrogens is 4. The lowest BCUT2D eigenvalue weighted by Crippen LogP contribution is -2.13. The van der Waals surface area contributed by atoms with Crippen LogP contribution in [0.1, 0.15) is 17.5 Å². The monoisotopic (exact) mass is 267 g/mol. The molecule has 6 heteroatoms. The van der Waals surface area contributed by atoms with Crippen molar-refractivity contribution in [3.63, 3.8) is 0 Å². The largest absolute Gasteiger partial charge is 0.337 e. The first kappa shape index (κ1) is 12.4. The molecule has 0 saturated heterocycles. The van der Waals surface area contributed by atoms with Crippen molar-refractivity contribution in [3.8, 4) is 11.5 Å². The van der Waals surface area contributed by atoms with Crippen LogP contribution in [0.4, 0.5) is 0 Å². The van der Waals surface area contributed by atoms with Crippen molar-refractivity contribution in [2.75, 3.05) is 0 Å². The lowest BCUT2D eigenvalue weighted by Gasteiger charge is -2.05. The van der Waals surface area contributed by atoms with Crippen LogP contribution in [0.25, 0.3) is 11.5 Å². The zero-order valence-corrected chi connectivity index (χ0v) is 10.7. The molecule has 1 aromatic carbocycles. The van der Waals surface area contributed by atoms with E-state index in [0.29, 0.717) is 23.8 Å². The summed E-state index contributed by atoms with van der Waals surface area (Å²) < 4.78 is 5.21. The minimum Gasteiger partial charge on any atom is -0.337 e. The molecule has 0 spiro atoms. The lowest BCUT2D eigenvalue weighted by molar-refractivity contribution is 0.354. The standard InChI is InChI=1S/C14H13N5O/c15-11(8-10-4-2-1-3-5-10)14-18-13(19-20-14)12-6-7-16-9-17-12/h1-7,9,11H,8,15H2/t11-/m0/s1. The molecule has 0 saturated carbocycles. The maximum Gasteiger partial charge on any atom is 0.244 e. The summed E-state index contributed by atoms with van der Waals surface area (Å²) in [6.45, 7) is 0. The van der Waals surface area contributed by atoms with E-state index in [1.807, 2.05) is 30.3 Å². The third-order valence-electron chi connectivity index (χ3n) is 2.87. The highest BCUT2D eigenvalue weighted by atomic mass is 16.5. The second-order valence-corrected chi connectivity index (χ2v) is 4.35. The summed E-state index contributed by atoms with van der Waals surface area (Å²) in [5.74, 6) is 0.827. The first-order valence-electron chi connectivity index (χ1n) is 6.22. The Kier molecular flexibility index (Phi) is 3.47. The Morgan fingerprint density at radius 3 is 2.75 bits per heavy atom. The van der Waals surface area contributed by atoms with Crippen molar-refractivity contribution < 1.29 is 4.52 Å². The highest BCUT2D eigenvalue weighted by Crippen LogP contribution is 2.17. The molecular weight excluding hydrogens is 254 g/mol. The Morgan fingerprint density at radius 1 is 1.15 bits per heavy atom. The first-order chi connectivity index (χ1) is 9.83. The normalized spacial score (nSPS) is 12.2. The number of benzene rings is 1. The van der Waals surface area contributed by atoms with E-state index in [-0.39, 0.29) is 6.04 Å². The van der Waals surface area contributed by atoms with Crippen LogP contribution in [0.2, 0.25) is 0 Å². The molecule has 0 unspecified atom stereocenters. The van der Waals surface area contributed by atoms with E-state index in [1.165, 1.54) is 6.33 Å². The van der Waals surface area contributed by atoms with Crippen molar-refractivity contribution >= 4 is 0 Å². The Morgan fingerprint density at radius 2 is 2.00 bits per heavy atom. The van der Waals surface area contributed by atoms with Crippen LogP contribution >= 0.6 is 0 Å². The van der Waals surface area contributed by atoms with Gasteiger partial charge in [-0.1, -0.05) is 35.5 Å². The predicted molar refractivity (Wildman–Crippen MR) is 72.4 cm³/mol. The van der Waals surface area contributed by atoms with Gasteiger partial charge in [0.2, 0.25) is 11.7 Å². The van der Waals surface area contributed by atoms with Crippen molar-refractivity contribution in [2.45, 2.75) is 12.5 Å². The molecule has 0 bridgehead atoms. The van der Waals surface area contributed by atoms with E-state index in [1.54, 1.807) is 12.3 Å². The van der Waals surface area contributed by atoms with Gasteiger partial charge in [0.15, 0.2) is 0 Å². The van der Waals surface area contributed by atoms with E-state index >= 15 is 0 Å². The van der Waals surface area contributed by atoms with Gasteiger partial charge >= 0.3 is 0 Å². The number of rotatable bonds is 4. The van der Waals surface area contributed by atoms with Gasteiger partial charge in [0, 0.05) is 6.20 Å². The van der Waals surface area contributed by atoms with Crippen LogP contribution in [-0.4, -0.2) is 20.1 Å². The van der Waals surface area contributed by atoms with Crippen molar-refractivity contribution in [1.82, 2.24) is 20.1 Å². The fourth-order valence-electron chi connectivity index (χ4n) is 1.87. The van der Waals surface area contributed by atoms with Crippen LogP contribution in [0.5, 0.6) is 0 Å². The van der Waals surface area contributed by atoms with E-state index in [9.17, 15) is 0 Å². The molecule has 2 heterocycles. The second kappa shape index (κ2) is 5.58. The van der Waals surface area contributed by atoms with E-state index in [0.717, 1.165) is 5.56 Å². The van der Waals surface area contributed by atoms with E-state index < -0.39 is 0 Å². The number of hydrogen-bond acceptors (Lipinski definition) is 6. The summed E-state index contributed by atoms with van der Waals surface area (Å²) in [6.07, 6.45) is 3.71. The summed E-state index contributed by atoms with van der Waals surface area (Å²) in [5, 5.41) is 3.89. The molecule has 2 N–H and O–H groups in total. The second-order valence-electron chi connectivity index (χ2n) is 4.35. The van der Waals surface area contributed by atoms with Crippen LogP contribution < -0.4 is 5.73 Å². The third kappa shape index (κ3) is 2.70. The predicted octanol–water partition coefficient (Wildman–Crippen LogP) is 1.77. The fourth-order valence-corrected chi connectivity index (χ4v) is 1.87. The summed E-state index contributed by atoms with van der Waals surface area (Å²) in [7, 11) is 0. The van der Waals surface area contributed by atoms with Crippen molar-refractivity contribution in [3.05, 3.63) is 60.4 Å². The van der Waals surface area contributed by atoms with Gasteiger partial charge in [-0.3, -0.25) is 0 Å². The molecule has 3 rings (SSSR count). The molecule has 0 aliphatic carbocycles. The van der Waals surface area contributed by atoms with Crippen molar-refractivity contribution in [2.24, 2.45) is 5.73 Å². The Bertz CT molecular complexity index is 668. The fraction of sp³-hybridized carbons (Fsp3) is 0.143. The van der Waals surface area contributed by atoms with Gasteiger partial charge in [0.1, 0.15) is 12.0 Å². The van der Waals surface area contributed by atoms with Crippen LogP contribution in [0, 0.1) is 0 Å². The Hall–Kier alpha value is -2.60. The van der Waals surface area contributed by atoms with E-state index in [4.69, 9.17) is 10.3 Å². The van der Waals surface area contributed by atoms with E-state index in [2.05, 4.69) is 20.1 Å². The van der Waals surface area contributed by atoms with Crippen LogP contribution in [-0.2, 0) is 6.42 Å². The smallest absolute Gasteiger partial charge is 0.244 e. The molecule has 0 radical (unpaired) electrons. The zero-order chi connectivity index (χ0) is 13.8. The van der Waals surface area contributed by atoms with Gasteiger partial charge < -0.3 is 10.3 Å². The Balaban J connectivity index is 1.77. The zero-order valence-electron chi connectivity index (χ0n) is 10.7. The molecule has 20 heavy (non-hydrogen) atoms. The third-order valence-corrected chi connectivity index (χ3v) is 2.87. The molecule has 0 aliphatic heterocycles. The molecular formula is C14H13N5O. The molecule has 0 aliphatic rings. The van der Waals surface area contributed by atoms with Gasteiger partial charge in [-0.25, -0.2) is 9.97 Å². The molecule has 3 aromatic rings. The summed E-state index contributed by atoms with van der Waals surface area (Å²) >= 11 is 0. The molecule has 0 amide bonds. The summed E-state index contributed by atoms with van der Waals surface area (Å²) in [6, 6.07) is 11.3. The lowest BCUT2D eigenvalue weighted by atomic mass is 10.1. The highest BCUT2D eigenvalue weighted by Gasteiger charge is 2.16. The van der Waals surface area contributed by atoms with Gasteiger partial charge in [0.05, 0.1) is 6.04 Å². The average Bonchev–Trinajstić information content (AvgIpc) is 2.99. The quantitative estimate of drug-likeness (QED) is 0.774. The topological polar surface area (TPSA) is 90.7 Å². The molecule has 1 atom stereocenters. The van der Waals surface area contributed by atoms with Gasteiger partial charge in [0.25, 0.3) is 0 Å². The number of nitrogens with zero attached hydrogens (tertiary/aromatic N) is 4. The Labute approximate surface area is 115 Å². The van der Waals surface area contributed by atoms with Gasteiger partial charge in [-0.15, -0.1) is 0 Å². The molecule has 100 valence electrons. The van der Waals surface area contributed by atoms with Crippen molar-refractivity contribution in [1.29, 1.82) is 0 Å². The minimum absolute atomic E-state index is 0.333. The first-order valence-corrected chi connectivity index (χ1v) is 6.22. The summed E-state index contributed by atoms with van der Waals surface area (Å²) in [4.78, 5) is 12.2. The maximum absolute atomic E-state index is 6.09. The molecule has 2 aromatic heterocycles. The minimum atomic E-state index is -0.333. The highest BCUT2D eigenvalue weighted by molar-refractivity contribution is 5.46. The maximum atomic E-state index is 6.09. The van der Waals surface area contributed by atoms with Gasteiger partial charge in [-0.2, -0.15) is 4.98 Å². The number of nitrogens with two attached hydrogens (primary N) is 1.